The van der Waals surface area contributed by atoms with E-state index in [1.165, 1.54) is 55.0 Å². The number of guanidine groups is 1. The summed E-state index contributed by atoms with van der Waals surface area (Å²) in [5.74, 6) is 3.01. The number of nitrogens with one attached hydrogen (secondary N) is 1. The fraction of sp³-hybridized carbons (Fsp3) is 0.562. The molecule has 1 aliphatic carbocycles. The Morgan fingerprint density at radius 2 is 2.05 bits per heavy atom. The maximum atomic E-state index is 5.98. The summed E-state index contributed by atoms with van der Waals surface area (Å²) >= 11 is 2.04. The first-order valence-corrected chi connectivity index (χ1v) is 8.95. The third-order valence-electron chi connectivity index (χ3n) is 4.17. The van der Waals surface area contributed by atoms with Crippen LogP contribution in [0.4, 0.5) is 5.69 Å². The molecule has 1 aromatic rings. The van der Waals surface area contributed by atoms with Gasteiger partial charge in [-0.3, -0.25) is 9.89 Å². The number of hydrogen-bond donors (Lipinski definition) is 2. The lowest BCUT2D eigenvalue weighted by atomic mass is 10.1. The van der Waals surface area contributed by atoms with Crippen LogP contribution in [0.25, 0.3) is 0 Å². The molecule has 1 heterocycles. The van der Waals surface area contributed by atoms with Gasteiger partial charge in [0.15, 0.2) is 5.96 Å². The molecule has 2 aliphatic rings. The molecule has 0 atom stereocenters. The highest BCUT2D eigenvalue weighted by Gasteiger charge is 2.11. The van der Waals surface area contributed by atoms with Gasteiger partial charge >= 0.3 is 0 Å². The summed E-state index contributed by atoms with van der Waals surface area (Å²) in [5.41, 5.74) is 9.99. The molecule has 0 saturated carbocycles. The summed E-state index contributed by atoms with van der Waals surface area (Å²) in [5, 5.41) is 3.21. The SMILES string of the molecule is NC(=NCCN1CCSCC1)Nc1ccc2c(c1)CCC2. The van der Waals surface area contributed by atoms with Crippen LogP contribution in [0.3, 0.4) is 0 Å². The van der Waals surface area contributed by atoms with Crippen LogP contribution >= 0.6 is 11.8 Å². The first kappa shape index (κ1) is 14.7. The molecule has 3 rings (SSSR count). The van der Waals surface area contributed by atoms with Crippen molar-refractivity contribution in [2.45, 2.75) is 19.3 Å². The van der Waals surface area contributed by atoms with E-state index in [1.54, 1.807) is 0 Å². The average molecular weight is 304 g/mol. The van der Waals surface area contributed by atoms with Gasteiger partial charge in [0.1, 0.15) is 0 Å². The Kier molecular flexibility index (Phi) is 5.04. The van der Waals surface area contributed by atoms with Crippen molar-refractivity contribution in [3.63, 3.8) is 0 Å². The largest absolute Gasteiger partial charge is 0.370 e. The summed E-state index contributed by atoms with van der Waals surface area (Å²) in [4.78, 5) is 6.90. The van der Waals surface area contributed by atoms with Crippen molar-refractivity contribution >= 4 is 23.4 Å². The van der Waals surface area contributed by atoms with E-state index in [1.807, 2.05) is 11.8 Å². The van der Waals surface area contributed by atoms with Crippen molar-refractivity contribution < 1.29 is 0 Å². The van der Waals surface area contributed by atoms with Crippen molar-refractivity contribution in [2.24, 2.45) is 10.7 Å². The molecule has 0 unspecified atom stereocenters. The molecule has 0 amide bonds. The molecule has 1 saturated heterocycles. The minimum Gasteiger partial charge on any atom is -0.370 e. The van der Waals surface area contributed by atoms with Crippen LogP contribution in [0.1, 0.15) is 17.5 Å². The minimum atomic E-state index is 0.527. The van der Waals surface area contributed by atoms with Crippen LogP contribution in [0, 0.1) is 0 Å². The van der Waals surface area contributed by atoms with Gasteiger partial charge in [0.2, 0.25) is 0 Å². The molecule has 0 spiro atoms. The highest BCUT2D eigenvalue weighted by atomic mass is 32.2. The zero-order valence-electron chi connectivity index (χ0n) is 12.5. The van der Waals surface area contributed by atoms with Crippen LogP contribution in [0.2, 0.25) is 0 Å². The summed E-state index contributed by atoms with van der Waals surface area (Å²) in [7, 11) is 0. The van der Waals surface area contributed by atoms with Crippen molar-refractivity contribution in [3.8, 4) is 0 Å². The molecule has 1 aromatic carbocycles. The summed E-state index contributed by atoms with van der Waals surface area (Å²) < 4.78 is 0. The molecule has 0 aromatic heterocycles. The third-order valence-corrected chi connectivity index (χ3v) is 5.12. The number of benzene rings is 1. The van der Waals surface area contributed by atoms with Crippen molar-refractivity contribution in [3.05, 3.63) is 29.3 Å². The van der Waals surface area contributed by atoms with Crippen LogP contribution < -0.4 is 11.1 Å². The van der Waals surface area contributed by atoms with Gasteiger partial charge in [-0.1, -0.05) is 6.07 Å². The van der Waals surface area contributed by atoms with Crippen molar-refractivity contribution in [2.75, 3.05) is 43.0 Å². The predicted molar refractivity (Wildman–Crippen MR) is 92.3 cm³/mol. The van der Waals surface area contributed by atoms with Gasteiger partial charge in [0.25, 0.3) is 0 Å². The normalized spacial score (nSPS) is 19.5. The van der Waals surface area contributed by atoms with E-state index in [0.29, 0.717) is 5.96 Å². The Balaban J connectivity index is 1.48. The second-order valence-electron chi connectivity index (χ2n) is 5.68. The summed E-state index contributed by atoms with van der Waals surface area (Å²) in [6.07, 6.45) is 3.68. The number of rotatable bonds is 4. The van der Waals surface area contributed by atoms with E-state index in [2.05, 4.69) is 33.4 Å². The zero-order valence-corrected chi connectivity index (χ0v) is 13.3. The highest BCUT2D eigenvalue weighted by Crippen LogP contribution is 2.24. The van der Waals surface area contributed by atoms with Crippen molar-refractivity contribution in [1.29, 1.82) is 0 Å². The fourth-order valence-electron chi connectivity index (χ4n) is 2.97. The fourth-order valence-corrected chi connectivity index (χ4v) is 3.95. The molecule has 4 nitrogen and oxygen atoms in total. The molecule has 0 bridgehead atoms. The Morgan fingerprint density at radius 1 is 1.24 bits per heavy atom. The Labute approximate surface area is 131 Å². The molecule has 0 radical (unpaired) electrons. The number of anilines is 1. The van der Waals surface area contributed by atoms with Gasteiger partial charge in [0.05, 0.1) is 6.54 Å². The minimum absolute atomic E-state index is 0.527. The Bertz CT molecular complexity index is 509. The lowest BCUT2D eigenvalue weighted by molar-refractivity contribution is 0.311. The molecule has 21 heavy (non-hydrogen) atoms. The van der Waals surface area contributed by atoms with E-state index < -0.39 is 0 Å². The average Bonchev–Trinajstić information content (AvgIpc) is 2.96. The first-order chi connectivity index (χ1) is 10.3. The van der Waals surface area contributed by atoms with E-state index in [0.717, 1.165) is 18.8 Å². The second kappa shape index (κ2) is 7.18. The number of aliphatic imine (C=N–C) groups is 1. The zero-order chi connectivity index (χ0) is 14.5. The molecule has 3 N–H and O–H groups in total. The number of nitrogens with two attached hydrogens (primary N) is 1. The smallest absolute Gasteiger partial charge is 0.193 e. The summed E-state index contributed by atoms with van der Waals surface area (Å²) in [6.45, 7) is 4.14. The lowest BCUT2D eigenvalue weighted by Crippen LogP contribution is -2.35. The van der Waals surface area contributed by atoms with Gasteiger partial charge in [-0.2, -0.15) is 11.8 Å². The number of nitrogens with zero attached hydrogens (tertiary/aromatic N) is 2. The van der Waals surface area contributed by atoms with Gasteiger partial charge in [-0.05, 0) is 42.5 Å². The number of fused-ring (bicyclic) bond motifs is 1. The van der Waals surface area contributed by atoms with E-state index in [4.69, 9.17) is 5.73 Å². The number of aryl methyl sites for hydroxylation is 2. The quantitative estimate of drug-likeness (QED) is 0.659. The standard InChI is InChI=1S/C16H24N4S/c17-16(18-6-7-20-8-10-21-11-9-20)19-15-5-4-13-2-1-3-14(13)12-15/h4-5,12H,1-3,6-11H2,(H3,17,18,19). The Hall–Kier alpha value is -1.20. The summed E-state index contributed by atoms with van der Waals surface area (Å²) in [6, 6.07) is 6.53. The predicted octanol–water partition coefficient (Wildman–Crippen LogP) is 1.95. The van der Waals surface area contributed by atoms with Crippen LogP contribution in [-0.4, -0.2) is 48.5 Å². The number of hydrogen-bond acceptors (Lipinski definition) is 3. The maximum Gasteiger partial charge on any atom is 0.193 e. The van der Waals surface area contributed by atoms with Gasteiger partial charge < -0.3 is 11.1 Å². The van der Waals surface area contributed by atoms with Gasteiger partial charge in [-0.25, -0.2) is 0 Å². The molecular formula is C16H24N4S. The van der Waals surface area contributed by atoms with Crippen LogP contribution in [-0.2, 0) is 12.8 Å². The molecular weight excluding hydrogens is 280 g/mol. The highest BCUT2D eigenvalue weighted by molar-refractivity contribution is 7.99. The van der Waals surface area contributed by atoms with Crippen molar-refractivity contribution in [1.82, 2.24) is 4.90 Å². The monoisotopic (exact) mass is 304 g/mol. The van der Waals surface area contributed by atoms with Crippen LogP contribution in [0.5, 0.6) is 0 Å². The van der Waals surface area contributed by atoms with Gasteiger partial charge in [0, 0.05) is 36.8 Å². The molecule has 114 valence electrons. The molecule has 5 heteroatoms. The van der Waals surface area contributed by atoms with E-state index in [9.17, 15) is 0 Å². The van der Waals surface area contributed by atoms with Crippen LogP contribution in [0.15, 0.2) is 23.2 Å². The molecule has 1 fully saturated rings. The van der Waals surface area contributed by atoms with Gasteiger partial charge in [-0.15, -0.1) is 0 Å². The third kappa shape index (κ3) is 4.14. The second-order valence-corrected chi connectivity index (χ2v) is 6.91. The first-order valence-electron chi connectivity index (χ1n) is 7.80. The number of thioether (sulfide) groups is 1. The van der Waals surface area contributed by atoms with E-state index >= 15 is 0 Å². The topological polar surface area (TPSA) is 53.6 Å². The molecule has 1 aliphatic heterocycles. The maximum absolute atomic E-state index is 5.98. The lowest BCUT2D eigenvalue weighted by Gasteiger charge is -2.25. The Morgan fingerprint density at radius 3 is 2.90 bits per heavy atom. The van der Waals surface area contributed by atoms with E-state index in [-0.39, 0.29) is 0 Å².